The summed E-state index contributed by atoms with van der Waals surface area (Å²) in [4.78, 5) is 12.2. The van der Waals surface area contributed by atoms with Crippen LogP contribution in [0.15, 0.2) is 18.2 Å². The van der Waals surface area contributed by atoms with Crippen LogP contribution in [0.4, 0.5) is 0 Å². The van der Waals surface area contributed by atoms with Crippen molar-refractivity contribution in [2.24, 2.45) is 0 Å². The van der Waals surface area contributed by atoms with Crippen molar-refractivity contribution in [1.82, 2.24) is 5.32 Å². The summed E-state index contributed by atoms with van der Waals surface area (Å²) in [6.07, 6.45) is 0. The van der Waals surface area contributed by atoms with Gasteiger partial charge in [-0.1, -0.05) is 12.1 Å². The van der Waals surface area contributed by atoms with E-state index in [-0.39, 0.29) is 11.8 Å². The van der Waals surface area contributed by atoms with E-state index in [1.165, 1.54) is 11.1 Å². The van der Waals surface area contributed by atoms with Crippen LogP contribution >= 0.6 is 11.8 Å². The lowest BCUT2D eigenvalue weighted by atomic mass is 10.0. The van der Waals surface area contributed by atoms with Crippen molar-refractivity contribution in [3.63, 3.8) is 0 Å². The van der Waals surface area contributed by atoms with Crippen molar-refractivity contribution in [2.75, 3.05) is 18.1 Å². The highest BCUT2D eigenvalue weighted by Crippen LogP contribution is 2.15. The van der Waals surface area contributed by atoms with E-state index in [4.69, 9.17) is 0 Å². The minimum Gasteiger partial charge on any atom is -0.306 e. The predicted molar refractivity (Wildman–Crippen MR) is 69.4 cm³/mol. The highest BCUT2D eigenvalue weighted by molar-refractivity contribution is 7.99. The second-order valence-corrected chi connectivity index (χ2v) is 5.39. The topological polar surface area (TPSA) is 29.1 Å². The number of carbonyl (C=O) groups is 1. The number of benzene rings is 1. The summed E-state index contributed by atoms with van der Waals surface area (Å²) in [5.41, 5.74) is 3.26. The van der Waals surface area contributed by atoms with Crippen LogP contribution in [0, 0.1) is 13.8 Å². The number of hydrogen-bond donors (Lipinski definition) is 1. The van der Waals surface area contributed by atoms with Crippen molar-refractivity contribution in [3.8, 4) is 0 Å². The number of thioether (sulfide) groups is 1. The fourth-order valence-corrected chi connectivity index (χ4v) is 2.76. The lowest BCUT2D eigenvalue weighted by Gasteiger charge is -2.22. The molecule has 0 amide bonds. The zero-order valence-corrected chi connectivity index (χ0v) is 10.6. The molecular formula is C13H17NOS. The van der Waals surface area contributed by atoms with Gasteiger partial charge in [0.1, 0.15) is 0 Å². The second-order valence-electron chi connectivity index (χ2n) is 4.24. The Morgan fingerprint density at radius 1 is 1.38 bits per heavy atom. The van der Waals surface area contributed by atoms with Crippen molar-refractivity contribution in [1.29, 1.82) is 0 Å². The Morgan fingerprint density at radius 2 is 2.19 bits per heavy atom. The summed E-state index contributed by atoms with van der Waals surface area (Å²) in [5, 5.41) is 3.28. The van der Waals surface area contributed by atoms with Gasteiger partial charge in [0.05, 0.1) is 6.04 Å². The number of Topliss-reactive ketones (excluding diaryl/α,β-unsaturated/α-hetero) is 1. The van der Waals surface area contributed by atoms with E-state index in [2.05, 4.69) is 19.2 Å². The average Bonchev–Trinajstić information content (AvgIpc) is 2.33. The molecule has 3 heteroatoms. The number of aryl methyl sites for hydroxylation is 2. The molecule has 86 valence electrons. The third-order valence-corrected chi connectivity index (χ3v) is 4.09. The number of nitrogens with one attached hydrogen (secondary N) is 1. The largest absolute Gasteiger partial charge is 0.306 e. The van der Waals surface area contributed by atoms with Gasteiger partial charge in [-0.05, 0) is 31.0 Å². The molecular weight excluding hydrogens is 218 g/mol. The summed E-state index contributed by atoms with van der Waals surface area (Å²) in [6, 6.07) is 5.96. The molecule has 1 unspecified atom stereocenters. The first-order valence-electron chi connectivity index (χ1n) is 5.61. The van der Waals surface area contributed by atoms with Gasteiger partial charge < -0.3 is 5.32 Å². The fourth-order valence-electron chi connectivity index (χ4n) is 1.83. The average molecular weight is 235 g/mol. The fraction of sp³-hybridized carbons (Fsp3) is 0.462. The third-order valence-electron chi connectivity index (χ3n) is 3.03. The van der Waals surface area contributed by atoms with E-state index in [0.29, 0.717) is 0 Å². The van der Waals surface area contributed by atoms with E-state index in [1.807, 2.05) is 30.0 Å². The highest BCUT2D eigenvalue weighted by atomic mass is 32.2. The number of ketones is 1. The molecule has 1 saturated heterocycles. The van der Waals surface area contributed by atoms with Crippen molar-refractivity contribution >= 4 is 17.5 Å². The van der Waals surface area contributed by atoms with Gasteiger partial charge in [-0.25, -0.2) is 0 Å². The highest BCUT2D eigenvalue weighted by Gasteiger charge is 2.22. The van der Waals surface area contributed by atoms with Crippen LogP contribution in [0.2, 0.25) is 0 Å². The Balaban J connectivity index is 2.16. The molecule has 0 bridgehead atoms. The van der Waals surface area contributed by atoms with Crippen LogP contribution in [0.3, 0.4) is 0 Å². The summed E-state index contributed by atoms with van der Waals surface area (Å²) in [7, 11) is 0. The molecule has 1 aromatic carbocycles. The summed E-state index contributed by atoms with van der Waals surface area (Å²) in [6.45, 7) is 5.05. The molecule has 1 atom stereocenters. The molecule has 2 nitrogen and oxygen atoms in total. The van der Waals surface area contributed by atoms with Gasteiger partial charge in [0.25, 0.3) is 0 Å². The van der Waals surface area contributed by atoms with E-state index >= 15 is 0 Å². The Hall–Kier alpha value is -0.800. The minimum absolute atomic E-state index is 0.000793. The van der Waals surface area contributed by atoms with Crippen LogP contribution in [0.5, 0.6) is 0 Å². The van der Waals surface area contributed by atoms with E-state index in [1.54, 1.807) is 0 Å². The van der Waals surface area contributed by atoms with E-state index < -0.39 is 0 Å². The molecule has 1 aliphatic rings. The van der Waals surface area contributed by atoms with Gasteiger partial charge >= 0.3 is 0 Å². The maximum atomic E-state index is 12.2. The van der Waals surface area contributed by atoms with Crippen LogP contribution in [0.1, 0.15) is 21.5 Å². The molecule has 0 saturated carbocycles. The molecule has 1 aromatic rings. The lowest BCUT2D eigenvalue weighted by Crippen LogP contribution is -2.43. The SMILES string of the molecule is Cc1ccc(C(=O)C2CSCCN2)cc1C. The monoisotopic (exact) mass is 235 g/mol. The standard InChI is InChI=1S/C13H17NOS/c1-9-3-4-11(7-10(9)2)13(15)12-8-16-6-5-14-12/h3-4,7,12,14H,5-6,8H2,1-2H3. The van der Waals surface area contributed by atoms with Gasteiger partial charge in [0, 0.05) is 23.6 Å². The Labute approximate surface area is 101 Å². The Kier molecular flexibility index (Phi) is 3.66. The molecule has 16 heavy (non-hydrogen) atoms. The molecule has 1 aliphatic heterocycles. The molecule has 0 aliphatic carbocycles. The molecule has 0 spiro atoms. The van der Waals surface area contributed by atoms with Gasteiger partial charge in [-0.2, -0.15) is 11.8 Å². The molecule has 2 rings (SSSR count). The normalized spacial score (nSPS) is 20.8. The molecule has 1 fully saturated rings. The van der Waals surface area contributed by atoms with Crippen molar-refractivity contribution < 1.29 is 4.79 Å². The predicted octanol–water partition coefficient (Wildman–Crippen LogP) is 2.19. The lowest BCUT2D eigenvalue weighted by molar-refractivity contribution is 0.0953. The van der Waals surface area contributed by atoms with Crippen LogP contribution in [0.25, 0.3) is 0 Å². The number of carbonyl (C=O) groups excluding carboxylic acids is 1. The van der Waals surface area contributed by atoms with Gasteiger partial charge in [-0.3, -0.25) is 4.79 Å². The quantitative estimate of drug-likeness (QED) is 0.797. The number of rotatable bonds is 2. The first-order chi connectivity index (χ1) is 7.68. The van der Waals surface area contributed by atoms with E-state index in [9.17, 15) is 4.79 Å². The maximum Gasteiger partial charge on any atom is 0.180 e. The summed E-state index contributed by atoms with van der Waals surface area (Å²) < 4.78 is 0. The molecule has 1 N–H and O–H groups in total. The summed E-state index contributed by atoms with van der Waals surface area (Å²) in [5.74, 6) is 2.23. The Bertz CT molecular complexity index is 397. The third kappa shape index (κ3) is 2.47. The van der Waals surface area contributed by atoms with Crippen LogP contribution in [-0.4, -0.2) is 29.9 Å². The maximum absolute atomic E-state index is 12.2. The first-order valence-corrected chi connectivity index (χ1v) is 6.76. The molecule has 1 heterocycles. The summed E-state index contributed by atoms with van der Waals surface area (Å²) >= 11 is 1.85. The first kappa shape index (κ1) is 11.7. The zero-order chi connectivity index (χ0) is 11.5. The number of hydrogen-bond acceptors (Lipinski definition) is 3. The van der Waals surface area contributed by atoms with Gasteiger partial charge in [0.15, 0.2) is 5.78 Å². The smallest absolute Gasteiger partial charge is 0.180 e. The molecule has 0 radical (unpaired) electrons. The van der Waals surface area contributed by atoms with Crippen molar-refractivity contribution in [2.45, 2.75) is 19.9 Å². The van der Waals surface area contributed by atoms with Crippen LogP contribution < -0.4 is 5.32 Å². The molecule has 0 aromatic heterocycles. The zero-order valence-electron chi connectivity index (χ0n) is 9.75. The minimum atomic E-state index is 0.000793. The van der Waals surface area contributed by atoms with Gasteiger partial charge in [0.2, 0.25) is 0 Å². The van der Waals surface area contributed by atoms with Crippen molar-refractivity contribution in [3.05, 3.63) is 34.9 Å². The van der Waals surface area contributed by atoms with Gasteiger partial charge in [-0.15, -0.1) is 0 Å². The second kappa shape index (κ2) is 5.02. The Morgan fingerprint density at radius 3 is 2.81 bits per heavy atom. The van der Waals surface area contributed by atoms with Crippen LogP contribution in [-0.2, 0) is 0 Å². The van der Waals surface area contributed by atoms with E-state index in [0.717, 1.165) is 23.6 Å².